The number of guanidine groups is 1. The first-order valence-corrected chi connectivity index (χ1v) is 22.4. The molecule has 0 aromatic heterocycles. The van der Waals surface area contributed by atoms with Crippen molar-refractivity contribution >= 4 is 23.2 Å². The molecule has 0 unspecified atom stereocenters. The van der Waals surface area contributed by atoms with E-state index in [0.29, 0.717) is 17.0 Å². The third kappa shape index (κ3) is 23.2. The van der Waals surface area contributed by atoms with Crippen molar-refractivity contribution in [3.8, 4) is 11.5 Å². The molecule has 0 atom stereocenters. The predicted molar refractivity (Wildman–Crippen MR) is 263 cm³/mol. The molecular formula is C54H81ClN3O3Y. The Bertz CT molecular complexity index is 1750. The Labute approximate surface area is 409 Å². The molecule has 6 nitrogen and oxygen atoms in total. The van der Waals surface area contributed by atoms with Crippen LogP contribution in [0.2, 0.25) is 5.02 Å². The monoisotopic (exact) mass is 944 g/mol. The molecule has 4 aromatic carbocycles. The van der Waals surface area contributed by atoms with Gasteiger partial charge in [0.05, 0.1) is 0 Å². The van der Waals surface area contributed by atoms with Gasteiger partial charge in [0.25, 0.3) is 0 Å². The Morgan fingerprint density at radius 2 is 0.952 bits per heavy atom. The molecule has 1 fully saturated rings. The van der Waals surface area contributed by atoms with Crippen LogP contribution < -0.4 is 15.5 Å². The Morgan fingerprint density at radius 1 is 0.597 bits per heavy atom. The molecule has 1 N–H and O–H groups in total. The molecule has 4 aromatic rings. The van der Waals surface area contributed by atoms with Crippen molar-refractivity contribution in [1.29, 1.82) is 0 Å². The molecule has 0 bridgehead atoms. The largest absolute Gasteiger partial charge is 3.00 e. The van der Waals surface area contributed by atoms with E-state index in [1.54, 1.807) is 0 Å². The molecule has 8 heteroatoms. The van der Waals surface area contributed by atoms with E-state index < -0.39 is 0 Å². The molecular weight excluding hydrogens is 863 g/mol. The average molecular weight is 945 g/mol. The molecule has 0 saturated carbocycles. The number of benzene rings is 4. The van der Waals surface area contributed by atoms with E-state index in [-0.39, 0.29) is 71.9 Å². The van der Waals surface area contributed by atoms with Crippen molar-refractivity contribution in [2.24, 2.45) is 4.99 Å². The second kappa shape index (κ2) is 26.8. The zero-order valence-electron chi connectivity index (χ0n) is 42.1. The quantitative estimate of drug-likeness (QED) is 0.164. The Balaban J connectivity index is 0.000000786. The van der Waals surface area contributed by atoms with Gasteiger partial charge in [0.2, 0.25) is 0 Å². The van der Waals surface area contributed by atoms with E-state index in [1.807, 2.05) is 80.6 Å². The number of hydrogen-bond acceptors (Lipinski definition) is 4. The summed E-state index contributed by atoms with van der Waals surface area (Å²) in [6.07, 6.45) is 2.56. The summed E-state index contributed by atoms with van der Waals surface area (Å²) in [5, 5.41) is 33.2. The van der Waals surface area contributed by atoms with Gasteiger partial charge >= 0.3 is 32.7 Å². The molecule has 62 heavy (non-hydrogen) atoms. The maximum atomic E-state index is 12.4. The fraction of sp³-hybridized carbons (Fsp3) is 0.537. The Hall–Kier alpha value is -2.90. The minimum absolute atomic E-state index is 0. The summed E-state index contributed by atoms with van der Waals surface area (Å²) < 4.78 is 4.94. The molecule has 1 heterocycles. The minimum atomic E-state index is -0.0803. The number of aliphatic imine (C=N–C) groups is 1. The summed E-state index contributed by atoms with van der Waals surface area (Å²) in [5.41, 5.74) is 7.91. The zero-order chi connectivity index (χ0) is 46.9. The van der Waals surface area contributed by atoms with Crippen LogP contribution in [0.5, 0.6) is 11.5 Å². The van der Waals surface area contributed by atoms with Crippen LogP contribution in [-0.2, 0) is 59.1 Å². The summed E-state index contributed by atoms with van der Waals surface area (Å²) in [7, 11) is 0. The molecule has 0 amide bonds. The van der Waals surface area contributed by atoms with Gasteiger partial charge < -0.3 is 30.6 Å². The van der Waals surface area contributed by atoms with E-state index >= 15 is 0 Å². The van der Waals surface area contributed by atoms with Gasteiger partial charge in [0, 0.05) is 24.2 Å². The summed E-state index contributed by atoms with van der Waals surface area (Å²) >= 11 is 5.83. The van der Waals surface area contributed by atoms with Crippen molar-refractivity contribution < 1.29 is 47.7 Å². The van der Waals surface area contributed by atoms with Crippen LogP contribution in [0.25, 0.3) is 5.32 Å². The fourth-order valence-corrected chi connectivity index (χ4v) is 6.18. The van der Waals surface area contributed by atoms with Crippen LogP contribution >= 0.6 is 11.6 Å². The molecule has 1 saturated heterocycles. The van der Waals surface area contributed by atoms with Gasteiger partial charge in [-0.25, -0.2) is 0 Å². The van der Waals surface area contributed by atoms with Gasteiger partial charge in [-0.1, -0.05) is 206 Å². The van der Waals surface area contributed by atoms with Crippen LogP contribution in [0.3, 0.4) is 0 Å². The molecule has 1 aliphatic heterocycles. The maximum absolute atomic E-state index is 12.4. The van der Waals surface area contributed by atoms with E-state index in [4.69, 9.17) is 16.3 Å². The standard InChI is InChI=1S/2C15H24O.C13H19ClN3.C7H8.C4H8O.Y/c2*1-10-8-11(14(2,3)4)13(16)12(9-10)15(5,6)7;1-9(2)15-13(16-10(3)4)17-12-7-5-11(14)6-8-12;1-7-5-3-2-4-6-7;1-2-4-5-3-1;/h2*8-9,16H,1-7H3;5-10H,1-4H3,(H-,15,16,17);2-6H,1H3;1-4H2;/q;;-1;;;+3/p-2. The smallest absolute Gasteiger partial charge is 0.872 e. The van der Waals surface area contributed by atoms with E-state index in [1.165, 1.54) is 29.5 Å². The number of hydrogen-bond donors (Lipinski definition) is 1. The Kier molecular flexibility index (Phi) is 25.5. The van der Waals surface area contributed by atoms with E-state index in [9.17, 15) is 10.2 Å². The van der Waals surface area contributed by atoms with Crippen LogP contribution in [0.1, 0.15) is 163 Å². The second-order valence-corrected chi connectivity index (χ2v) is 21.2. The third-order valence-electron chi connectivity index (χ3n) is 9.33. The van der Waals surface area contributed by atoms with Crippen molar-refractivity contribution in [2.75, 3.05) is 13.2 Å². The number of ether oxygens (including phenoxy) is 1. The first-order chi connectivity index (χ1) is 27.9. The zero-order valence-corrected chi connectivity index (χ0v) is 45.7. The number of aryl methyl sites for hydroxylation is 3. The number of rotatable bonds is 3. The van der Waals surface area contributed by atoms with Gasteiger partial charge in [-0.2, -0.15) is 0 Å². The molecule has 1 aliphatic rings. The molecule has 340 valence electrons. The summed E-state index contributed by atoms with van der Waals surface area (Å²) in [5.74, 6) is 1.09. The van der Waals surface area contributed by atoms with Gasteiger partial charge in [0.1, 0.15) is 0 Å². The van der Waals surface area contributed by atoms with Crippen molar-refractivity contribution in [3.05, 3.63) is 128 Å². The summed E-state index contributed by atoms with van der Waals surface area (Å²) in [4.78, 5) is 4.44. The first kappa shape index (κ1) is 59.1. The second-order valence-electron chi connectivity index (χ2n) is 20.8. The van der Waals surface area contributed by atoms with Crippen molar-refractivity contribution in [1.82, 2.24) is 5.32 Å². The number of halogens is 1. The van der Waals surface area contributed by atoms with Crippen molar-refractivity contribution in [2.45, 2.75) is 178 Å². The summed E-state index contributed by atoms with van der Waals surface area (Å²) in [6, 6.07) is 26.3. The van der Waals surface area contributed by atoms with Gasteiger partial charge in [-0.15, -0.1) is 11.5 Å². The molecule has 5 rings (SSSR count). The van der Waals surface area contributed by atoms with Crippen LogP contribution in [0.15, 0.2) is 83.9 Å². The van der Waals surface area contributed by atoms with E-state index in [0.717, 1.165) is 41.2 Å². The third-order valence-corrected chi connectivity index (χ3v) is 9.58. The minimum Gasteiger partial charge on any atom is -0.872 e. The predicted octanol–water partition coefficient (Wildman–Crippen LogP) is 14.2. The van der Waals surface area contributed by atoms with Crippen LogP contribution in [0, 0.1) is 20.8 Å². The van der Waals surface area contributed by atoms with Crippen molar-refractivity contribution in [3.63, 3.8) is 0 Å². The topological polar surface area (TPSA) is 93.8 Å². The SMILES string of the molecule is C1CCOC1.CC(C)N=C([N-]c1ccc(Cl)cc1)NC(C)C.Cc1cc(C(C)(C)C)c([O-])c(C(C)(C)C)c1.Cc1cc(C(C)(C)C)c([O-])c(C(C)(C)C)c1.Cc1ccccc1.[Y+3]. The van der Waals surface area contributed by atoms with E-state index in [2.05, 4.69) is 145 Å². The van der Waals surface area contributed by atoms with Crippen LogP contribution in [-0.4, -0.2) is 31.3 Å². The number of nitrogens with zero attached hydrogens (tertiary/aromatic N) is 2. The maximum Gasteiger partial charge on any atom is 3.00 e. The normalized spacial score (nSPS) is 12.9. The first-order valence-electron chi connectivity index (χ1n) is 22.0. The Morgan fingerprint density at radius 3 is 1.19 bits per heavy atom. The van der Waals surface area contributed by atoms with Gasteiger partial charge in [0.15, 0.2) is 0 Å². The molecule has 0 aliphatic carbocycles. The number of nitrogens with one attached hydrogen (secondary N) is 1. The summed E-state index contributed by atoms with van der Waals surface area (Å²) in [6.45, 7) is 41.5. The molecule has 0 radical (unpaired) electrons. The van der Waals surface area contributed by atoms with Crippen LogP contribution in [0.4, 0.5) is 5.69 Å². The fourth-order valence-electron chi connectivity index (χ4n) is 6.06. The molecule has 0 spiro atoms. The van der Waals surface area contributed by atoms with Gasteiger partial charge in [-0.3, -0.25) is 0 Å². The average Bonchev–Trinajstić information content (AvgIpc) is 3.71. The van der Waals surface area contributed by atoms with Gasteiger partial charge in [-0.05, 0) is 107 Å².